The number of benzene rings is 1. The van der Waals surface area contributed by atoms with Gasteiger partial charge in [-0.3, -0.25) is 14.9 Å². The summed E-state index contributed by atoms with van der Waals surface area (Å²) in [7, 11) is 0. The zero-order chi connectivity index (χ0) is 14.6. The maximum atomic E-state index is 13.6. The van der Waals surface area contributed by atoms with Gasteiger partial charge in [0.1, 0.15) is 0 Å². The van der Waals surface area contributed by atoms with E-state index < -0.39 is 23.9 Å². The number of amides is 3. The second-order valence-corrected chi connectivity index (χ2v) is 3.81. The number of imide groups is 1. The number of hydrogen-bond donors (Lipinski definition) is 2. The van der Waals surface area contributed by atoms with E-state index in [1.165, 1.54) is 26.0 Å². The van der Waals surface area contributed by atoms with E-state index in [4.69, 9.17) is 10.5 Å². The highest BCUT2D eigenvalue weighted by atomic mass is 19.1. The lowest BCUT2D eigenvalue weighted by Crippen LogP contribution is -2.42. The Kier molecular flexibility index (Phi) is 4.57. The minimum atomic E-state index is -1.11. The van der Waals surface area contributed by atoms with E-state index in [-0.39, 0.29) is 17.1 Å². The van der Waals surface area contributed by atoms with Crippen LogP contribution in [0.2, 0.25) is 0 Å². The highest BCUT2D eigenvalue weighted by Gasteiger charge is 2.18. The summed E-state index contributed by atoms with van der Waals surface area (Å²) in [5, 5.41) is 1.81. The molecule has 7 heteroatoms. The summed E-state index contributed by atoms with van der Waals surface area (Å²) in [6.45, 7) is 2.63. The van der Waals surface area contributed by atoms with Gasteiger partial charge in [0.05, 0.1) is 0 Å². The average Bonchev–Trinajstić information content (AvgIpc) is 2.30. The number of carbonyl (C=O) groups is 3. The summed E-state index contributed by atoms with van der Waals surface area (Å²) >= 11 is 0. The van der Waals surface area contributed by atoms with Crippen molar-refractivity contribution in [3.63, 3.8) is 0 Å². The molecule has 1 atom stereocenters. The number of Topliss-reactive ketones (excluding diaryl/α,β-unsaturated/α-hetero) is 1. The van der Waals surface area contributed by atoms with Gasteiger partial charge in [0.2, 0.25) is 0 Å². The molecule has 1 rings (SSSR count). The SMILES string of the molecule is CC(=O)c1ccc(OC(C)C(=O)NC(N)=O)c(F)c1. The molecule has 6 nitrogen and oxygen atoms in total. The summed E-state index contributed by atoms with van der Waals surface area (Å²) in [4.78, 5) is 32.8. The summed E-state index contributed by atoms with van der Waals surface area (Å²) < 4.78 is 18.6. The molecule has 0 heterocycles. The molecule has 0 aliphatic carbocycles. The smallest absolute Gasteiger partial charge is 0.318 e. The third kappa shape index (κ3) is 4.06. The van der Waals surface area contributed by atoms with Gasteiger partial charge in [-0.1, -0.05) is 0 Å². The van der Waals surface area contributed by atoms with Crippen molar-refractivity contribution in [2.45, 2.75) is 20.0 Å². The van der Waals surface area contributed by atoms with Crippen LogP contribution in [0, 0.1) is 5.82 Å². The first kappa shape index (κ1) is 14.6. The lowest BCUT2D eigenvalue weighted by Gasteiger charge is -2.14. The standard InChI is InChI=1S/C12H13FN2O4/c1-6(16)8-3-4-10(9(13)5-8)19-7(2)11(17)15-12(14)18/h3-5,7H,1-2H3,(H3,14,15,17,18). The van der Waals surface area contributed by atoms with Crippen LogP contribution in [-0.2, 0) is 4.79 Å². The van der Waals surface area contributed by atoms with Crippen molar-refractivity contribution in [1.29, 1.82) is 0 Å². The fourth-order valence-electron chi connectivity index (χ4n) is 1.28. The van der Waals surface area contributed by atoms with Crippen molar-refractivity contribution in [2.24, 2.45) is 5.73 Å². The monoisotopic (exact) mass is 268 g/mol. The van der Waals surface area contributed by atoms with Crippen molar-refractivity contribution < 1.29 is 23.5 Å². The van der Waals surface area contributed by atoms with Crippen LogP contribution in [0.15, 0.2) is 18.2 Å². The Hall–Kier alpha value is -2.44. The highest BCUT2D eigenvalue weighted by molar-refractivity contribution is 5.96. The molecule has 1 aromatic carbocycles. The van der Waals surface area contributed by atoms with Crippen molar-refractivity contribution in [3.05, 3.63) is 29.6 Å². The van der Waals surface area contributed by atoms with Gasteiger partial charge in [0.15, 0.2) is 23.5 Å². The van der Waals surface area contributed by atoms with Crippen molar-refractivity contribution >= 4 is 17.7 Å². The van der Waals surface area contributed by atoms with Gasteiger partial charge >= 0.3 is 6.03 Å². The Morgan fingerprint density at radius 2 is 2.00 bits per heavy atom. The largest absolute Gasteiger partial charge is 0.478 e. The van der Waals surface area contributed by atoms with Crippen LogP contribution in [0.4, 0.5) is 9.18 Å². The highest BCUT2D eigenvalue weighted by Crippen LogP contribution is 2.20. The number of primary amides is 1. The molecule has 0 saturated heterocycles. The van der Waals surface area contributed by atoms with Gasteiger partial charge in [0.25, 0.3) is 5.91 Å². The van der Waals surface area contributed by atoms with E-state index in [1.807, 2.05) is 5.32 Å². The summed E-state index contributed by atoms with van der Waals surface area (Å²) in [5.74, 6) is -2.05. The van der Waals surface area contributed by atoms with Gasteiger partial charge in [-0.15, -0.1) is 0 Å². The Labute approximate surface area is 108 Å². The zero-order valence-electron chi connectivity index (χ0n) is 10.4. The number of nitrogens with two attached hydrogens (primary N) is 1. The second-order valence-electron chi connectivity index (χ2n) is 3.81. The molecule has 0 fully saturated rings. The predicted octanol–water partition coefficient (Wildman–Crippen LogP) is 0.991. The molecule has 0 aliphatic heterocycles. The minimum Gasteiger partial charge on any atom is -0.478 e. The Bertz CT molecular complexity index is 530. The molecule has 1 aromatic rings. The number of ether oxygens (including phenoxy) is 1. The van der Waals surface area contributed by atoms with Crippen LogP contribution in [-0.4, -0.2) is 23.8 Å². The first-order chi connectivity index (χ1) is 8.81. The average molecular weight is 268 g/mol. The van der Waals surface area contributed by atoms with E-state index in [0.29, 0.717) is 0 Å². The van der Waals surface area contributed by atoms with Crippen molar-refractivity contribution in [3.8, 4) is 5.75 Å². The van der Waals surface area contributed by atoms with Crippen LogP contribution in [0.1, 0.15) is 24.2 Å². The Balaban J connectivity index is 2.80. The van der Waals surface area contributed by atoms with E-state index in [9.17, 15) is 18.8 Å². The fraction of sp³-hybridized carbons (Fsp3) is 0.250. The Morgan fingerprint density at radius 1 is 1.37 bits per heavy atom. The van der Waals surface area contributed by atoms with Gasteiger partial charge in [-0.25, -0.2) is 9.18 Å². The molecule has 3 N–H and O–H groups in total. The van der Waals surface area contributed by atoms with E-state index in [0.717, 1.165) is 6.07 Å². The zero-order valence-corrected chi connectivity index (χ0v) is 10.4. The molecule has 19 heavy (non-hydrogen) atoms. The molecular weight excluding hydrogens is 255 g/mol. The molecule has 102 valence electrons. The number of nitrogens with one attached hydrogen (secondary N) is 1. The molecule has 0 spiro atoms. The van der Waals surface area contributed by atoms with Crippen LogP contribution in [0.3, 0.4) is 0 Å². The molecule has 3 amide bonds. The predicted molar refractivity (Wildman–Crippen MR) is 64.2 cm³/mol. The minimum absolute atomic E-state index is 0.194. The summed E-state index contributed by atoms with van der Waals surface area (Å²) in [5.41, 5.74) is 4.96. The normalized spacial score (nSPS) is 11.5. The number of rotatable bonds is 4. The summed E-state index contributed by atoms with van der Waals surface area (Å²) in [6.07, 6.45) is -1.11. The molecule has 0 saturated carbocycles. The fourth-order valence-corrected chi connectivity index (χ4v) is 1.28. The van der Waals surface area contributed by atoms with Crippen LogP contribution < -0.4 is 15.8 Å². The molecular formula is C12H13FN2O4. The first-order valence-electron chi connectivity index (χ1n) is 5.38. The number of hydrogen-bond acceptors (Lipinski definition) is 4. The van der Waals surface area contributed by atoms with E-state index in [2.05, 4.69) is 0 Å². The molecule has 0 aliphatic rings. The maximum absolute atomic E-state index is 13.6. The van der Waals surface area contributed by atoms with Crippen LogP contribution in [0.25, 0.3) is 0 Å². The van der Waals surface area contributed by atoms with E-state index in [1.54, 1.807) is 0 Å². The van der Waals surface area contributed by atoms with Gasteiger partial charge in [0, 0.05) is 5.56 Å². The third-order valence-corrected chi connectivity index (χ3v) is 2.26. The molecule has 1 unspecified atom stereocenters. The van der Waals surface area contributed by atoms with Gasteiger partial charge < -0.3 is 10.5 Å². The van der Waals surface area contributed by atoms with Crippen LogP contribution in [0.5, 0.6) is 5.75 Å². The molecule has 0 bridgehead atoms. The van der Waals surface area contributed by atoms with Crippen LogP contribution >= 0.6 is 0 Å². The maximum Gasteiger partial charge on any atom is 0.318 e. The number of urea groups is 1. The number of halogens is 1. The lowest BCUT2D eigenvalue weighted by atomic mass is 10.1. The quantitative estimate of drug-likeness (QED) is 0.795. The van der Waals surface area contributed by atoms with Crippen molar-refractivity contribution in [1.82, 2.24) is 5.32 Å². The third-order valence-electron chi connectivity index (χ3n) is 2.26. The number of ketones is 1. The Morgan fingerprint density at radius 3 is 2.47 bits per heavy atom. The topological polar surface area (TPSA) is 98.5 Å². The molecule has 0 radical (unpaired) electrons. The summed E-state index contributed by atoms with van der Waals surface area (Å²) in [6, 6.07) is 2.60. The van der Waals surface area contributed by atoms with Gasteiger partial charge in [-0.05, 0) is 32.0 Å². The second kappa shape index (κ2) is 5.94. The van der Waals surface area contributed by atoms with E-state index >= 15 is 0 Å². The van der Waals surface area contributed by atoms with Crippen molar-refractivity contribution in [2.75, 3.05) is 0 Å². The lowest BCUT2D eigenvalue weighted by molar-refractivity contribution is -0.126. The molecule has 0 aromatic heterocycles. The van der Waals surface area contributed by atoms with Gasteiger partial charge in [-0.2, -0.15) is 0 Å². The number of carbonyl (C=O) groups excluding carboxylic acids is 3. The first-order valence-corrected chi connectivity index (χ1v) is 5.38.